The molecule has 1 aromatic carbocycles. The van der Waals surface area contributed by atoms with E-state index in [0.29, 0.717) is 12.2 Å². The third-order valence-electron chi connectivity index (χ3n) is 4.80. The maximum atomic E-state index is 12.3. The average molecular weight is 407 g/mol. The first-order valence-electron chi connectivity index (χ1n) is 10.6. The summed E-state index contributed by atoms with van der Waals surface area (Å²) in [5.74, 6) is -0.825. The molecule has 162 valence electrons. The van der Waals surface area contributed by atoms with E-state index in [-0.39, 0.29) is 18.1 Å². The Hall–Kier alpha value is -2.44. The van der Waals surface area contributed by atoms with E-state index in [2.05, 4.69) is 6.92 Å². The Labute approximate surface area is 173 Å². The summed E-state index contributed by atoms with van der Waals surface area (Å²) in [6.07, 6.45) is 12.1. The first-order valence-corrected chi connectivity index (χ1v) is 10.6. The number of ether oxygens (including phenoxy) is 1. The van der Waals surface area contributed by atoms with Crippen LogP contribution >= 0.6 is 0 Å². The van der Waals surface area contributed by atoms with Crippen LogP contribution in [0.4, 0.5) is 5.69 Å². The number of non-ortho nitro benzene ring substituents is 1. The van der Waals surface area contributed by atoms with Crippen LogP contribution in [0.15, 0.2) is 24.3 Å². The van der Waals surface area contributed by atoms with Crippen molar-refractivity contribution in [3.63, 3.8) is 0 Å². The highest BCUT2D eigenvalue weighted by molar-refractivity contribution is 5.95. The molecule has 0 atom stereocenters. The molecule has 7 heteroatoms. The summed E-state index contributed by atoms with van der Waals surface area (Å²) in [6, 6.07) is 5.30. The van der Waals surface area contributed by atoms with Crippen LogP contribution in [0.3, 0.4) is 0 Å². The van der Waals surface area contributed by atoms with Gasteiger partial charge in [-0.25, -0.2) is 0 Å². The Kier molecular flexibility index (Phi) is 12.3. The van der Waals surface area contributed by atoms with Crippen molar-refractivity contribution in [3.05, 3.63) is 39.9 Å². The molecule has 0 saturated carbocycles. The molecule has 0 fully saturated rings. The first-order chi connectivity index (χ1) is 14.0. The molecule has 0 aromatic heterocycles. The maximum absolute atomic E-state index is 12.3. The van der Waals surface area contributed by atoms with Gasteiger partial charge in [0, 0.05) is 24.7 Å². The molecule has 1 amide bonds. The smallest absolute Gasteiger partial charge is 0.325 e. The number of nitro benzene ring substituents is 1. The molecular formula is C22H34N2O5. The van der Waals surface area contributed by atoms with Gasteiger partial charge in [0.05, 0.1) is 11.5 Å². The van der Waals surface area contributed by atoms with Crippen LogP contribution in [0.1, 0.15) is 81.5 Å². The van der Waals surface area contributed by atoms with Gasteiger partial charge in [-0.05, 0) is 18.6 Å². The topological polar surface area (TPSA) is 89.8 Å². The van der Waals surface area contributed by atoms with Crippen molar-refractivity contribution in [1.29, 1.82) is 0 Å². The number of amides is 1. The van der Waals surface area contributed by atoms with Gasteiger partial charge in [0.1, 0.15) is 6.54 Å². The molecule has 0 aliphatic heterocycles. The first kappa shape index (κ1) is 24.6. The minimum absolute atomic E-state index is 0.0832. The predicted octanol–water partition coefficient (Wildman–Crippen LogP) is 5.13. The van der Waals surface area contributed by atoms with Crippen molar-refractivity contribution in [2.24, 2.45) is 0 Å². The van der Waals surface area contributed by atoms with Crippen LogP contribution in [-0.4, -0.2) is 41.9 Å². The maximum Gasteiger partial charge on any atom is 0.325 e. The second-order valence-electron chi connectivity index (χ2n) is 7.37. The number of carbonyl (C=O) groups is 2. The number of carbonyl (C=O) groups excluding carboxylic acids is 2. The summed E-state index contributed by atoms with van der Waals surface area (Å²) in [5.41, 5.74) is 0.209. The molecule has 0 heterocycles. The van der Waals surface area contributed by atoms with Gasteiger partial charge in [-0.1, -0.05) is 64.7 Å². The van der Waals surface area contributed by atoms with Crippen LogP contribution < -0.4 is 0 Å². The van der Waals surface area contributed by atoms with Gasteiger partial charge in [-0.15, -0.1) is 0 Å². The van der Waals surface area contributed by atoms with E-state index < -0.39 is 10.9 Å². The molecule has 0 N–H and O–H groups in total. The number of nitrogens with zero attached hydrogens (tertiary/aromatic N) is 2. The number of unbranched alkanes of at least 4 members (excludes halogenated alkanes) is 9. The van der Waals surface area contributed by atoms with Crippen LogP contribution in [-0.2, 0) is 9.53 Å². The van der Waals surface area contributed by atoms with Crippen molar-refractivity contribution >= 4 is 17.6 Å². The predicted molar refractivity (Wildman–Crippen MR) is 113 cm³/mol. The molecule has 1 rings (SSSR count). The largest absolute Gasteiger partial charge is 0.464 e. The molecule has 0 aliphatic rings. The number of likely N-dealkylation sites (N-methyl/N-ethyl adjacent to an activating group) is 1. The highest BCUT2D eigenvalue weighted by Gasteiger charge is 2.16. The third kappa shape index (κ3) is 10.6. The Bertz CT molecular complexity index is 631. The summed E-state index contributed by atoms with van der Waals surface area (Å²) in [6.45, 7) is 2.45. The van der Waals surface area contributed by atoms with Crippen molar-refractivity contribution in [3.8, 4) is 0 Å². The number of hydrogen-bond acceptors (Lipinski definition) is 5. The molecule has 0 saturated heterocycles. The minimum atomic E-state index is -0.525. The van der Waals surface area contributed by atoms with Crippen molar-refractivity contribution in [1.82, 2.24) is 4.90 Å². The summed E-state index contributed by atoms with van der Waals surface area (Å²) in [7, 11) is 1.51. The van der Waals surface area contributed by atoms with Gasteiger partial charge >= 0.3 is 5.97 Å². The molecule has 0 aliphatic carbocycles. The molecule has 7 nitrogen and oxygen atoms in total. The van der Waals surface area contributed by atoms with E-state index in [1.165, 1.54) is 81.2 Å². The monoisotopic (exact) mass is 406 g/mol. The van der Waals surface area contributed by atoms with E-state index in [9.17, 15) is 19.7 Å². The fourth-order valence-corrected chi connectivity index (χ4v) is 3.03. The summed E-state index contributed by atoms with van der Waals surface area (Å²) in [4.78, 5) is 35.5. The molecular weight excluding hydrogens is 372 g/mol. The van der Waals surface area contributed by atoms with E-state index in [0.717, 1.165) is 19.3 Å². The fourth-order valence-electron chi connectivity index (χ4n) is 3.03. The fraction of sp³-hybridized carbons (Fsp3) is 0.636. The summed E-state index contributed by atoms with van der Waals surface area (Å²) in [5, 5.41) is 10.7. The van der Waals surface area contributed by atoms with Crippen LogP contribution in [0.2, 0.25) is 0 Å². The molecule has 0 unspecified atom stereocenters. The van der Waals surface area contributed by atoms with Crippen molar-refractivity contribution in [2.45, 2.75) is 71.1 Å². The quantitative estimate of drug-likeness (QED) is 0.174. The lowest BCUT2D eigenvalue weighted by Gasteiger charge is -2.16. The Balaban J connectivity index is 2.13. The van der Waals surface area contributed by atoms with E-state index in [4.69, 9.17) is 4.74 Å². The summed E-state index contributed by atoms with van der Waals surface area (Å²) < 4.78 is 5.20. The number of rotatable bonds is 15. The number of nitro groups is 1. The SMILES string of the molecule is CCCCCCCCCCCCOC(=O)CN(C)C(=O)c1ccc([N+](=O)[O-])cc1. The molecule has 29 heavy (non-hydrogen) atoms. The van der Waals surface area contributed by atoms with Gasteiger partial charge in [0.15, 0.2) is 0 Å². The Morgan fingerprint density at radius 2 is 1.45 bits per heavy atom. The van der Waals surface area contributed by atoms with Gasteiger partial charge < -0.3 is 9.64 Å². The average Bonchev–Trinajstić information content (AvgIpc) is 2.71. The Morgan fingerprint density at radius 1 is 0.931 bits per heavy atom. The molecule has 0 bridgehead atoms. The van der Waals surface area contributed by atoms with Gasteiger partial charge in [0.2, 0.25) is 0 Å². The van der Waals surface area contributed by atoms with E-state index in [1.54, 1.807) is 0 Å². The normalized spacial score (nSPS) is 10.6. The van der Waals surface area contributed by atoms with Crippen LogP contribution in [0.25, 0.3) is 0 Å². The lowest BCUT2D eigenvalue weighted by molar-refractivity contribution is -0.384. The zero-order valence-corrected chi connectivity index (χ0v) is 17.7. The Morgan fingerprint density at radius 3 is 1.97 bits per heavy atom. The van der Waals surface area contributed by atoms with Gasteiger partial charge in [0.25, 0.3) is 11.6 Å². The lowest BCUT2D eigenvalue weighted by Crippen LogP contribution is -2.33. The highest BCUT2D eigenvalue weighted by Crippen LogP contribution is 2.13. The zero-order valence-electron chi connectivity index (χ0n) is 17.7. The highest BCUT2D eigenvalue weighted by atomic mass is 16.6. The van der Waals surface area contributed by atoms with Crippen LogP contribution in [0, 0.1) is 10.1 Å². The minimum Gasteiger partial charge on any atom is -0.464 e. The number of benzene rings is 1. The molecule has 0 radical (unpaired) electrons. The second kappa shape index (κ2) is 14.5. The van der Waals surface area contributed by atoms with Crippen molar-refractivity contribution in [2.75, 3.05) is 20.2 Å². The second-order valence-corrected chi connectivity index (χ2v) is 7.37. The van der Waals surface area contributed by atoms with E-state index in [1.807, 2.05) is 0 Å². The summed E-state index contributed by atoms with van der Waals surface area (Å²) >= 11 is 0. The molecule has 1 aromatic rings. The number of hydrogen-bond donors (Lipinski definition) is 0. The van der Waals surface area contributed by atoms with Gasteiger partial charge in [-0.3, -0.25) is 19.7 Å². The van der Waals surface area contributed by atoms with Crippen molar-refractivity contribution < 1.29 is 19.2 Å². The van der Waals surface area contributed by atoms with Crippen LogP contribution in [0.5, 0.6) is 0 Å². The zero-order chi connectivity index (χ0) is 21.5. The molecule has 0 spiro atoms. The van der Waals surface area contributed by atoms with Gasteiger partial charge in [-0.2, -0.15) is 0 Å². The standard InChI is InChI=1S/C22H34N2O5/c1-3-4-5-6-7-8-9-10-11-12-17-29-21(25)18-23(2)22(26)19-13-15-20(16-14-19)24(27)28/h13-16H,3-12,17-18H2,1-2H3. The third-order valence-corrected chi connectivity index (χ3v) is 4.80. The number of esters is 1. The van der Waals surface area contributed by atoms with E-state index >= 15 is 0 Å². The lowest BCUT2D eigenvalue weighted by atomic mass is 10.1.